The highest BCUT2D eigenvalue weighted by atomic mass is 35.5. The van der Waals surface area contributed by atoms with E-state index in [9.17, 15) is 19.2 Å². The lowest BCUT2D eigenvalue weighted by atomic mass is 9.93. The molecule has 232 valence electrons. The van der Waals surface area contributed by atoms with E-state index in [0.717, 1.165) is 6.42 Å². The van der Waals surface area contributed by atoms with Crippen LogP contribution in [0.15, 0.2) is 42.5 Å². The zero-order valence-corrected chi connectivity index (χ0v) is 26.5. The van der Waals surface area contributed by atoms with Crippen LogP contribution in [-0.2, 0) is 35.1 Å². The smallest absolute Gasteiger partial charge is 0.347 e. The maximum atomic E-state index is 13.3. The summed E-state index contributed by atoms with van der Waals surface area (Å²) < 4.78 is 16.8. The summed E-state index contributed by atoms with van der Waals surface area (Å²) >= 11 is 6.28. The van der Waals surface area contributed by atoms with E-state index in [4.69, 9.17) is 25.8 Å². The number of ether oxygens (including phenoxy) is 3. The van der Waals surface area contributed by atoms with E-state index >= 15 is 0 Å². The monoisotopic (exact) mass is 604 g/mol. The third kappa shape index (κ3) is 10.8. The predicted molar refractivity (Wildman–Crippen MR) is 162 cm³/mol. The van der Waals surface area contributed by atoms with Crippen LogP contribution in [0.3, 0.4) is 0 Å². The Morgan fingerprint density at radius 2 is 1.86 bits per heavy atom. The van der Waals surface area contributed by atoms with Crippen molar-refractivity contribution >= 4 is 35.4 Å². The molecular formula is C32H45ClN2O7. The Balaban J connectivity index is 2.43. The highest BCUT2D eigenvalue weighted by Gasteiger charge is 2.37. The number of hydrogen-bond donors (Lipinski definition) is 2. The van der Waals surface area contributed by atoms with Crippen molar-refractivity contribution in [1.82, 2.24) is 10.6 Å². The molecule has 0 saturated heterocycles. The van der Waals surface area contributed by atoms with Crippen LogP contribution in [0, 0.1) is 17.3 Å². The molecule has 0 bridgehead atoms. The first-order valence-electron chi connectivity index (χ1n) is 14.4. The van der Waals surface area contributed by atoms with Crippen molar-refractivity contribution in [3.63, 3.8) is 0 Å². The highest BCUT2D eigenvalue weighted by molar-refractivity contribution is 6.32. The van der Waals surface area contributed by atoms with Gasteiger partial charge >= 0.3 is 11.9 Å². The van der Waals surface area contributed by atoms with Crippen molar-refractivity contribution in [2.75, 3.05) is 13.7 Å². The molecule has 10 heteroatoms. The summed E-state index contributed by atoms with van der Waals surface area (Å²) in [6, 6.07) is 4.17. The minimum atomic E-state index is -1.17. The molecule has 1 aromatic carbocycles. The molecule has 1 aliphatic rings. The van der Waals surface area contributed by atoms with Gasteiger partial charge in [-0.2, -0.15) is 0 Å². The van der Waals surface area contributed by atoms with E-state index in [2.05, 4.69) is 10.6 Å². The summed E-state index contributed by atoms with van der Waals surface area (Å²) in [5, 5.41) is 5.89. The fourth-order valence-electron chi connectivity index (χ4n) is 4.29. The number of halogens is 1. The van der Waals surface area contributed by atoms with Gasteiger partial charge in [-0.1, -0.05) is 63.6 Å². The summed E-state index contributed by atoms with van der Waals surface area (Å²) in [7, 11) is 1.51. The summed E-state index contributed by atoms with van der Waals surface area (Å²) in [6.07, 6.45) is 6.67. The van der Waals surface area contributed by atoms with Gasteiger partial charge in [0.2, 0.25) is 11.8 Å². The predicted octanol–water partition coefficient (Wildman–Crippen LogP) is 4.95. The van der Waals surface area contributed by atoms with Crippen LogP contribution >= 0.6 is 11.6 Å². The number of cyclic esters (lactones) is 2. The Hall–Kier alpha value is -3.33. The number of carbonyl (C=O) groups is 4. The average molecular weight is 605 g/mol. The van der Waals surface area contributed by atoms with E-state index in [0.29, 0.717) is 16.3 Å². The van der Waals surface area contributed by atoms with Crippen LogP contribution in [0.1, 0.15) is 66.4 Å². The third-order valence-electron chi connectivity index (χ3n) is 6.91. The van der Waals surface area contributed by atoms with Crippen molar-refractivity contribution < 1.29 is 33.4 Å². The normalized spacial score (nSPS) is 24.0. The Bertz CT molecular complexity index is 1160. The molecule has 1 heterocycles. The molecule has 42 heavy (non-hydrogen) atoms. The van der Waals surface area contributed by atoms with E-state index < -0.39 is 47.4 Å². The molecule has 0 radical (unpaired) electrons. The Morgan fingerprint density at radius 1 is 1.14 bits per heavy atom. The number of nitrogens with one attached hydrogen (secondary N) is 2. The molecule has 2 amide bonds. The second-order valence-corrected chi connectivity index (χ2v) is 12.1. The molecule has 1 aliphatic heterocycles. The fraction of sp³-hybridized carbons (Fsp3) is 0.562. The molecular weight excluding hydrogens is 560 g/mol. The topological polar surface area (TPSA) is 120 Å². The lowest BCUT2D eigenvalue weighted by Gasteiger charge is -2.29. The third-order valence-corrected chi connectivity index (χ3v) is 7.21. The summed E-state index contributed by atoms with van der Waals surface area (Å²) in [5.74, 6) is -1.87. The van der Waals surface area contributed by atoms with Gasteiger partial charge in [0.15, 0.2) is 6.10 Å². The molecule has 0 aromatic heterocycles. The van der Waals surface area contributed by atoms with Gasteiger partial charge in [0.25, 0.3) is 0 Å². The minimum Gasteiger partial charge on any atom is -0.495 e. The fourth-order valence-corrected chi connectivity index (χ4v) is 4.57. The van der Waals surface area contributed by atoms with Crippen LogP contribution in [0.4, 0.5) is 0 Å². The molecule has 2 rings (SSSR count). The maximum Gasteiger partial charge on any atom is 0.347 e. The van der Waals surface area contributed by atoms with Crippen LogP contribution in [-0.4, -0.2) is 55.7 Å². The first-order chi connectivity index (χ1) is 19.8. The number of rotatable bonds is 8. The van der Waals surface area contributed by atoms with Gasteiger partial charge in [-0.05, 0) is 56.4 Å². The molecule has 0 saturated carbocycles. The largest absolute Gasteiger partial charge is 0.495 e. The zero-order valence-electron chi connectivity index (χ0n) is 25.7. The second-order valence-electron chi connectivity index (χ2n) is 11.7. The number of methoxy groups -OCH3 is 1. The molecule has 0 aliphatic carbocycles. The van der Waals surface area contributed by atoms with Gasteiger partial charge in [0, 0.05) is 25.3 Å². The van der Waals surface area contributed by atoms with E-state index in [1.54, 1.807) is 38.1 Å². The van der Waals surface area contributed by atoms with Crippen molar-refractivity contribution in [3.05, 3.63) is 53.1 Å². The zero-order chi connectivity index (χ0) is 31.4. The average Bonchev–Trinajstić information content (AvgIpc) is 2.92. The molecule has 4 atom stereocenters. The van der Waals surface area contributed by atoms with Gasteiger partial charge in [0.1, 0.15) is 17.9 Å². The van der Waals surface area contributed by atoms with Crippen LogP contribution in [0.25, 0.3) is 0 Å². The Morgan fingerprint density at radius 3 is 2.48 bits per heavy atom. The standard InChI is InChI=1S/C32H45ClN2O7/c1-8-9-11-21(4)25-12-10-13-28(36)35-24(18-22-14-15-26(40-7)23(33)17-22)29(37)34-19-32(5,6)31(39)42-27(16-20(2)3)30(38)41-25/h9-11,13-15,17,20-21,24-25,27H,8,12,16,18-19H2,1-7H3,(H,34,37)(H,35,36)/b11-9+,13-10+/t21-,24?,25+,27+/m1/s1. The maximum absolute atomic E-state index is 13.3. The number of benzene rings is 1. The quantitative estimate of drug-likeness (QED) is 0.318. The van der Waals surface area contributed by atoms with Crippen molar-refractivity contribution in [1.29, 1.82) is 0 Å². The molecule has 0 spiro atoms. The molecule has 1 aromatic rings. The number of hydrogen-bond acceptors (Lipinski definition) is 7. The van der Waals surface area contributed by atoms with Crippen molar-refractivity contribution in [3.8, 4) is 5.75 Å². The van der Waals surface area contributed by atoms with Gasteiger partial charge < -0.3 is 24.8 Å². The summed E-state index contributed by atoms with van der Waals surface area (Å²) in [4.78, 5) is 52.8. The number of amides is 2. The lowest BCUT2D eigenvalue weighted by molar-refractivity contribution is -0.178. The van der Waals surface area contributed by atoms with Crippen LogP contribution in [0.5, 0.6) is 5.75 Å². The van der Waals surface area contributed by atoms with E-state index in [-0.39, 0.29) is 37.6 Å². The van der Waals surface area contributed by atoms with Crippen molar-refractivity contribution in [2.24, 2.45) is 17.3 Å². The van der Waals surface area contributed by atoms with Gasteiger partial charge in [-0.3, -0.25) is 14.4 Å². The van der Waals surface area contributed by atoms with E-state index in [1.807, 2.05) is 39.8 Å². The second kappa shape index (κ2) is 16.3. The summed E-state index contributed by atoms with van der Waals surface area (Å²) in [5.41, 5.74) is -0.463. The molecule has 2 N–H and O–H groups in total. The van der Waals surface area contributed by atoms with Crippen LogP contribution in [0.2, 0.25) is 5.02 Å². The molecule has 1 unspecified atom stereocenters. The van der Waals surface area contributed by atoms with Gasteiger partial charge in [-0.25, -0.2) is 4.79 Å². The van der Waals surface area contributed by atoms with E-state index in [1.165, 1.54) is 13.2 Å². The number of allylic oxidation sites excluding steroid dienone is 1. The highest BCUT2D eigenvalue weighted by Crippen LogP contribution is 2.26. The first-order valence-corrected chi connectivity index (χ1v) is 14.8. The number of esters is 2. The first kappa shape index (κ1) is 34.9. The molecule has 0 fully saturated rings. The SMILES string of the molecule is CC/C=C/[C@@H](C)[C@@H]1C/C=C/C(=O)NC(Cc2ccc(OC)c(Cl)c2)C(=O)NCC(C)(C)C(=O)O[C@@H](CC(C)C)C(=O)O1. The summed E-state index contributed by atoms with van der Waals surface area (Å²) in [6.45, 7) is 10.9. The Kier molecular flexibility index (Phi) is 13.6. The van der Waals surface area contributed by atoms with Gasteiger partial charge in [-0.15, -0.1) is 0 Å². The lowest BCUT2D eigenvalue weighted by Crippen LogP contribution is -2.51. The van der Waals surface area contributed by atoms with Crippen LogP contribution < -0.4 is 15.4 Å². The Labute approximate surface area is 254 Å². The van der Waals surface area contributed by atoms with Crippen molar-refractivity contribution in [2.45, 2.75) is 85.5 Å². The number of carbonyl (C=O) groups excluding carboxylic acids is 4. The van der Waals surface area contributed by atoms with Gasteiger partial charge in [0.05, 0.1) is 17.5 Å². The molecule has 9 nitrogen and oxygen atoms in total. The minimum absolute atomic E-state index is 0.0513.